The third kappa shape index (κ3) is 3.86. The monoisotopic (exact) mass is 330 g/mol. The van der Waals surface area contributed by atoms with E-state index in [0.717, 1.165) is 25.7 Å². The average molecular weight is 331 g/mol. The molecule has 5 nitrogen and oxygen atoms in total. The topological polar surface area (TPSA) is 63.4 Å². The summed E-state index contributed by atoms with van der Waals surface area (Å²) < 4.78 is 0. The molecule has 1 aliphatic rings. The van der Waals surface area contributed by atoms with E-state index in [1.54, 1.807) is 4.90 Å². The Labute approximate surface area is 133 Å². The lowest BCUT2D eigenvalue weighted by atomic mass is 10.1. The van der Waals surface area contributed by atoms with E-state index < -0.39 is 4.92 Å². The molecule has 1 aromatic rings. The Morgan fingerprint density at radius 2 is 2.19 bits per heavy atom. The molecule has 7 heteroatoms. The van der Waals surface area contributed by atoms with Crippen molar-refractivity contribution in [3.05, 3.63) is 38.9 Å². The van der Waals surface area contributed by atoms with Crippen LogP contribution in [0, 0.1) is 10.1 Å². The zero-order chi connectivity index (χ0) is 15.4. The van der Waals surface area contributed by atoms with Crippen LogP contribution in [-0.2, 0) is 0 Å². The smallest absolute Gasteiger partial charge is 0.271 e. The van der Waals surface area contributed by atoms with Crippen molar-refractivity contribution in [2.24, 2.45) is 0 Å². The summed E-state index contributed by atoms with van der Waals surface area (Å²) in [4.78, 5) is 24.7. The van der Waals surface area contributed by atoms with Crippen LogP contribution in [0.25, 0.3) is 0 Å². The zero-order valence-corrected chi connectivity index (χ0v) is 12.9. The SMILES string of the molecule is O=C(c1cc(Cl)cc([N+](=O)[O-])c1)N1CCCC1CCCCl. The van der Waals surface area contributed by atoms with Crippen LogP contribution < -0.4 is 0 Å². The minimum Gasteiger partial charge on any atom is -0.336 e. The Hall–Kier alpha value is -1.33. The molecular weight excluding hydrogens is 315 g/mol. The number of rotatable bonds is 5. The second kappa shape index (κ2) is 7.09. The number of carbonyl (C=O) groups is 1. The standard InChI is InChI=1S/C14H16Cl2N2O3/c15-5-1-3-12-4-2-6-17(12)14(19)10-7-11(16)9-13(8-10)18(20)21/h7-9,12H,1-6H2. The largest absolute Gasteiger partial charge is 0.336 e. The minimum absolute atomic E-state index is 0.161. The van der Waals surface area contributed by atoms with Crippen LogP contribution in [-0.4, -0.2) is 34.2 Å². The van der Waals surface area contributed by atoms with Gasteiger partial charge >= 0.3 is 0 Å². The molecule has 1 atom stereocenters. The first-order valence-electron chi connectivity index (χ1n) is 6.85. The number of carbonyl (C=O) groups excluding carboxylic acids is 1. The molecule has 1 saturated heterocycles. The average Bonchev–Trinajstić information content (AvgIpc) is 2.91. The van der Waals surface area contributed by atoms with E-state index in [9.17, 15) is 14.9 Å². The van der Waals surface area contributed by atoms with E-state index in [1.807, 2.05) is 0 Å². The number of hydrogen-bond acceptors (Lipinski definition) is 3. The Balaban J connectivity index is 2.21. The molecule has 0 aromatic heterocycles. The van der Waals surface area contributed by atoms with Crippen molar-refractivity contribution in [1.29, 1.82) is 0 Å². The van der Waals surface area contributed by atoms with Gasteiger partial charge in [0.25, 0.3) is 11.6 Å². The van der Waals surface area contributed by atoms with Crippen LogP contribution in [0.1, 0.15) is 36.0 Å². The van der Waals surface area contributed by atoms with Crippen molar-refractivity contribution in [3.63, 3.8) is 0 Å². The van der Waals surface area contributed by atoms with Crippen molar-refractivity contribution in [2.75, 3.05) is 12.4 Å². The van der Waals surface area contributed by atoms with Gasteiger partial charge in [-0.1, -0.05) is 11.6 Å². The lowest BCUT2D eigenvalue weighted by molar-refractivity contribution is -0.384. The van der Waals surface area contributed by atoms with E-state index in [2.05, 4.69) is 0 Å². The second-order valence-corrected chi connectivity index (χ2v) is 5.90. The van der Waals surface area contributed by atoms with E-state index in [-0.39, 0.29) is 28.2 Å². The number of likely N-dealkylation sites (tertiary alicyclic amines) is 1. The summed E-state index contributed by atoms with van der Waals surface area (Å²) in [7, 11) is 0. The third-order valence-corrected chi connectivity index (χ3v) is 4.13. The molecule has 1 heterocycles. The highest BCUT2D eigenvalue weighted by atomic mass is 35.5. The molecule has 0 aliphatic carbocycles. The minimum atomic E-state index is -0.544. The molecule has 1 fully saturated rings. The maximum Gasteiger partial charge on any atom is 0.271 e. The van der Waals surface area contributed by atoms with E-state index >= 15 is 0 Å². The highest BCUT2D eigenvalue weighted by molar-refractivity contribution is 6.31. The number of amides is 1. The number of nitrogens with zero attached hydrogens (tertiary/aromatic N) is 2. The molecule has 0 spiro atoms. The number of alkyl halides is 1. The fraction of sp³-hybridized carbons (Fsp3) is 0.500. The Bertz CT molecular complexity index is 551. The fourth-order valence-electron chi connectivity index (χ4n) is 2.68. The first kappa shape index (κ1) is 16.0. The first-order valence-corrected chi connectivity index (χ1v) is 7.76. The van der Waals surface area contributed by atoms with Gasteiger partial charge in [-0.05, 0) is 31.7 Å². The highest BCUT2D eigenvalue weighted by Crippen LogP contribution is 2.27. The van der Waals surface area contributed by atoms with Crippen LogP contribution in [0.4, 0.5) is 5.69 Å². The number of nitro benzene ring substituents is 1. The summed E-state index contributed by atoms with van der Waals surface area (Å²) in [6, 6.07) is 4.17. The summed E-state index contributed by atoms with van der Waals surface area (Å²) in [6.45, 7) is 0.673. The van der Waals surface area contributed by atoms with E-state index in [4.69, 9.17) is 23.2 Å². The molecule has 0 radical (unpaired) electrons. The lowest BCUT2D eigenvalue weighted by Gasteiger charge is -2.24. The van der Waals surface area contributed by atoms with Gasteiger partial charge < -0.3 is 4.90 Å². The molecule has 0 saturated carbocycles. The van der Waals surface area contributed by atoms with Gasteiger partial charge in [0.1, 0.15) is 0 Å². The van der Waals surface area contributed by atoms with Crippen LogP contribution in [0.3, 0.4) is 0 Å². The van der Waals surface area contributed by atoms with Gasteiger partial charge in [-0.3, -0.25) is 14.9 Å². The molecule has 114 valence electrons. The number of benzene rings is 1. The van der Waals surface area contributed by atoms with Crippen molar-refractivity contribution in [3.8, 4) is 0 Å². The quantitative estimate of drug-likeness (QED) is 0.467. The Morgan fingerprint density at radius 1 is 1.43 bits per heavy atom. The summed E-state index contributed by atoms with van der Waals surface area (Å²) in [5.74, 6) is 0.374. The molecule has 1 aliphatic heterocycles. The predicted molar refractivity (Wildman–Crippen MR) is 82.1 cm³/mol. The number of hydrogen-bond donors (Lipinski definition) is 0. The fourth-order valence-corrected chi connectivity index (χ4v) is 3.07. The Kier molecular flexibility index (Phi) is 5.42. The highest BCUT2D eigenvalue weighted by Gasteiger charge is 2.29. The number of non-ortho nitro benzene ring substituents is 1. The molecule has 1 amide bonds. The van der Waals surface area contributed by atoms with Crippen LogP contribution in [0.2, 0.25) is 5.02 Å². The van der Waals surface area contributed by atoms with Crippen LogP contribution in [0.15, 0.2) is 18.2 Å². The molecule has 0 bridgehead atoms. The normalized spacial score (nSPS) is 18.0. The molecule has 2 rings (SSSR count). The summed E-state index contributed by atoms with van der Waals surface area (Å²) in [6.07, 6.45) is 3.61. The lowest BCUT2D eigenvalue weighted by Crippen LogP contribution is -2.35. The maximum absolute atomic E-state index is 12.6. The summed E-state index contributed by atoms with van der Waals surface area (Å²) in [5, 5.41) is 11.1. The van der Waals surface area contributed by atoms with Gasteiger partial charge in [0, 0.05) is 41.2 Å². The number of nitro groups is 1. The van der Waals surface area contributed by atoms with Gasteiger partial charge in [0.15, 0.2) is 0 Å². The molecule has 0 N–H and O–H groups in total. The third-order valence-electron chi connectivity index (χ3n) is 3.65. The second-order valence-electron chi connectivity index (χ2n) is 5.08. The van der Waals surface area contributed by atoms with Crippen molar-refractivity contribution in [1.82, 2.24) is 4.90 Å². The van der Waals surface area contributed by atoms with Crippen molar-refractivity contribution >= 4 is 34.8 Å². The van der Waals surface area contributed by atoms with Crippen molar-refractivity contribution in [2.45, 2.75) is 31.7 Å². The van der Waals surface area contributed by atoms with E-state index in [0.29, 0.717) is 12.4 Å². The summed E-state index contributed by atoms with van der Waals surface area (Å²) in [5.41, 5.74) is 0.106. The molecule has 21 heavy (non-hydrogen) atoms. The molecular formula is C14H16Cl2N2O3. The molecule has 1 aromatic carbocycles. The van der Waals surface area contributed by atoms with Gasteiger partial charge in [0.2, 0.25) is 0 Å². The van der Waals surface area contributed by atoms with Gasteiger partial charge in [-0.15, -0.1) is 11.6 Å². The van der Waals surface area contributed by atoms with Gasteiger partial charge in [-0.25, -0.2) is 0 Å². The maximum atomic E-state index is 12.6. The van der Waals surface area contributed by atoms with E-state index in [1.165, 1.54) is 18.2 Å². The predicted octanol–water partition coefficient (Wildman–Crippen LogP) is 3.87. The number of halogens is 2. The van der Waals surface area contributed by atoms with Crippen LogP contribution in [0.5, 0.6) is 0 Å². The zero-order valence-electron chi connectivity index (χ0n) is 11.4. The molecule has 1 unspecified atom stereocenters. The van der Waals surface area contributed by atoms with Crippen LogP contribution >= 0.6 is 23.2 Å². The van der Waals surface area contributed by atoms with Gasteiger partial charge in [0.05, 0.1) is 4.92 Å². The first-order chi connectivity index (χ1) is 10.0. The summed E-state index contributed by atoms with van der Waals surface area (Å²) >= 11 is 11.6. The van der Waals surface area contributed by atoms with Crippen molar-refractivity contribution < 1.29 is 9.72 Å². The Morgan fingerprint density at radius 3 is 2.86 bits per heavy atom. The van der Waals surface area contributed by atoms with Gasteiger partial charge in [-0.2, -0.15) is 0 Å².